The van der Waals surface area contributed by atoms with Crippen molar-refractivity contribution in [3.63, 3.8) is 0 Å². The molecular formula is C21H23ClF3N5O2. The summed E-state index contributed by atoms with van der Waals surface area (Å²) in [6, 6.07) is 4.30. The minimum Gasteiger partial charge on any atom is -0.349 e. The van der Waals surface area contributed by atoms with Gasteiger partial charge in [-0.25, -0.2) is 4.79 Å². The molecule has 1 saturated carbocycles. The van der Waals surface area contributed by atoms with Crippen molar-refractivity contribution in [2.24, 2.45) is 5.92 Å². The van der Waals surface area contributed by atoms with E-state index in [1.807, 2.05) is 16.9 Å². The van der Waals surface area contributed by atoms with E-state index >= 15 is 0 Å². The molecule has 2 fully saturated rings. The molecule has 1 aromatic heterocycles. The van der Waals surface area contributed by atoms with E-state index in [-0.39, 0.29) is 22.7 Å². The number of nitrogens with zero attached hydrogens (tertiary/aromatic N) is 3. The minimum atomic E-state index is -4.54. The lowest BCUT2D eigenvalue weighted by Crippen LogP contribution is -2.38. The molecule has 0 unspecified atom stereocenters. The van der Waals surface area contributed by atoms with Crippen LogP contribution in [-0.2, 0) is 12.7 Å². The van der Waals surface area contributed by atoms with Gasteiger partial charge in [-0.3, -0.25) is 14.4 Å². The summed E-state index contributed by atoms with van der Waals surface area (Å²) in [6.07, 6.45) is 0.444. The van der Waals surface area contributed by atoms with Crippen molar-refractivity contribution in [3.8, 4) is 0 Å². The maximum absolute atomic E-state index is 12.9. The Morgan fingerprint density at radius 3 is 2.62 bits per heavy atom. The third kappa shape index (κ3) is 5.01. The number of alkyl halides is 3. The summed E-state index contributed by atoms with van der Waals surface area (Å²) >= 11 is 5.96. The van der Waals surface area contributed by atoms with E-state index in [1.54, 1.807) is 4.90 Å². The van der Waals surface area contributed by atoms with Gasteiger partial charge in [0.25, 0.3) is 5.91 Å². The zero-order chi connectivity index (χ0) is 22.9. The fourth-order valence-corrected chi connectivity index (χ4v) is 4.38. The first-order chi connectivity index (χ1) is 15.2. The first-order valence-corrected chi connectivity index (χ1v) is 10.8. The van der Waals surface area contributed by atoms with Gasteiger partial charge in [-0.15, -0.1) is 0 Å². The van der Waals surface area contributed by atoms with Crippen molar-refractivity contribution < 1.29 is 22.8 Å². The fourth-order valence-electron chi connectivity index (χ4n) is 4.18. The molecule has 3 amide bonds. The summed E-state index contributed by atoms with van der Waals surface area (Å²) in [5, 5.41) is 10.0. The number of hydrogen-bond acceptors (Lipinski definition) is 3. The molecule has 0 bridgehead atoms. The van der Waals surface area contributed by atoms with Gasteiger partial charge in [-0.05, 0) is 49.8 Å². The summed E-state index contributed by atoms with van der Waals surface area (Å²) in [5.74, 6) is 0.393. The average molecular weight is 470 g/mol. The molecule has 2 aromatic rings. The second-order valence-corrected chi connectivity index (χ2v) is 8.57. The lowest BCUT2D eigenvalue weighted by Gasteiger charge is -2.29. The highest BCUT2D eigenvalue weighted by atomic mass is 35.5. The Morgan fingerprint density at radius 2 is 1.97 bits per heavy atom. The lowest BCUT2D eigenvalue weighted by molar-refractivity contribution is -0.137. The molecule has 32 heavy (non-hydrogen) atoms. The van der Waals surface area contributed by atoms with E-state index in [0.717, 1.165) is 43.9 Å². The van der Waals surface area contributed by atoms with Gasteiger partial charge >= 0.3 is 12.2 Å². The van der Waals surface area contributed by atoms with E-state index in [2.05, 4.69) is 15.7 Å². The zero-order valence-electron chi connectivity index (χ0n) is 17.2. The fraction of sp³-hybridized carbons (Fsp3) is 0.476. The minimum absolute atomic E-state index is 0.00893. The number of nitrogens with one attached hydrogen (secondary N) is 2. The van der Waals surface area contributed by atoms with Gasteiger partial charge in [0, 0.05) is 37.9 Å². The van der Waals surface area contributed by atoms with Crippen molar-refractivity contribution in [2.75, 3.05) is 18.0 Å². The van der Waals surface area contributed by atoms with Crippen LogP contribution in [0.4, 0.5) is 23.8 Å². The van der Waals surface area contributed by atoms with Gasteiger partial charge < -0.3 is 10.6 Å². The van der Waals surface area contributed by atoms with Crippen molar-refractivity contribution in [3.05, 3.63) is 46.6 Å². The van der Waals surface area contributed by atoms with Gasteiger partial charge in [0.2, 0.25) is 0 Å². The van der Waals surface area contributed by atoms with Crippen molar-refractivity contribution >= 4 is 29.4 Å². The van der Waals surface area contributed by atoms with Crippen molar-refractivity contribution in [2.45, 2.75) is 44.4 Å². The van der Waals surface area contributed by atoms with Crippen LogP contribution in [0.1, 0.15) is 41.6 Å². The highest BCUT2D eigenvalue weighted by Gasteiger charge is 2.32. The summed E-state index contributed by atoms with van der Waals surface area (Å²) < 4.78 is 40.7. The second-order valence-electron chi connectivity index (χ2n) is 8.16. The Kier molecular flexibility index (Phi) is 6.32. The highest BCUT2D eigenvalue weighted by molar-refractivity contribution is 6.33. The van der Waals surface area contributed by atoms with E-state index < -0.39 is 17.6 Å². The van der Waals surface area contributed by atoms with Crippen molar-refractivity contribution in [1.82, 2.24) is 20.4 Å². The van der Waals surface area contributed by atoms with Crippen LogP contribution in [0.25, 0.3) is 0 Å². The topological polar surface area (TPSA) is 79.3 Å². The van der Waals surface area contributed by atoms with Gasteiger partial charge in [-0.2, -0.15) is 18.3 Å². The summed E-state index contributed by atoms with van der Waals surface area (Å²) in [5.41, 5.74) is -1.07. The largest absolute Gasteiger partial charge is 0.416 e. The highest BCUT2D eigenvalue weighted by Crippen LogP contribution is 2.32. The Labute approximate surface area is 187 Å². The van der Waals surface area contributed by atoms with Gasteiger partial charge in [0.15, 0.2) is 5.82 Å². The predicted octanol–water partition coefficient (Wildman–Crippen LogP) is 4.07. The normalized spacial score (nSPS) is 21.5. The van der Waals surface area contributed by atoms with E-state index in [4.69, 9.17) is 11.6 Å². The monoisotopic (exact) mass is 469 g/mol. The molecule has 1 aliphatic heterocycles. The lowest BCUT2D eigenvalue weighted by atomic mass is 9.86. The van der Waals surface area contributed by atoms with Crippen LogP contribution in [0, 0.1) is 5.92 Å². The zero-order valence-corrected chi connectivity index (χ0v) is 17.9. The maximum atomic E-state index is 12.9. The molecule has 2 aliphatic rings. The molecule has 0 spiro atoms. The van der Waals surface area contributed by atoms with E-state index in [1.165, 1.54) is 0 Å². The third-order valence-electron chi connectivity index (χ3n) is 5.93. The molecule has 1 saturated heterocycles. The number of rotatable bonds is 5. The van der Waals surface area contributed by atoms with Gasteiger partial charge in [-0.1, -0.05) is 11.6 Å². The molecule has 0 atom stereocenters. The summed E-state index contributed by atoms with van der Waals surface area (Å²) in [7, 11) is 0. The number of benzene rings is 1. The van der Waals surface area contributed by atoms with Crippen LogP contribution >= 0.6 is 11.6 Å². The molecule has 4 rings (SSSR count). The van der Waals surface area contributed by atoms with Crippen LogP contribution in [0.3, 0.4) is 0 Å². The van der Waals surface area contributed by atoms with Crippen LogP contribution in [0.15, 0.2) is 30.5 Å². The summed E-state index contributed by atoms with van der Waals surface area (Å²) in [6.45, 7) is 1.90. The number of hydrogen-bond donors (Lipinski definition) is 2. The molecule has 1 aromatic carbocycles. The van der Waals surface area contributed by atoms with Crippen LogP contribution in [0.2, 0.25) is 5.02 Å². The number of aromatic nitrogens is 2. The van der Waals surface area contributed by atoms with E-state index in [9.17, 15) is 22.8 Å². The second kappa shape index (κ2) is 9.01. The number of anilines is 1. The molecular weight excluding hydrogens is 447 g/mol. The first kappa shape index (κ1) is 22.4. The molecule has 172 valence electrons. The average Bonchev–Trinajstić information content (AvgIpc) is 3.37. The molecule has 0 radical (unpaired) electrons. The molecule has 2 N–H and O–H groups in total. The van der Waals surface area contributed by atoms with Gasteiger partial charge in [0.05, 0.1) is 16.1 Å². The Balaban J connectivity index is 1.29. The van der Waals surface area contributed by atoms with Crippen LogP contribution < -0.4 is 15.5 Å². The third-order valence-corrected chi connectivity index (χ3v) is 6.26. The molecule has 11 heteroatoms. The Bertz CT molecular complexity index is 1000. The van der Waals surface area contributed by atoms with E-state index in [0.29, 0.717) is 31.4 Å². The maximum Gasteiger partial charge on any atom is 0.416 e. The molecule has 7 nitrogen and oxygen atoms in total. The number of amides is 3. The first-order valence-electron chi connectivity index (χ1n) is 10.5. The SMILES string of the molecule is O=C(NC1CCC(Cn2ccc(N3CCNC3=O)n2)CC1)c1cc(C(F)(F)F)ccc1Cl. The molecule has 1 aliphatic carbocycles. The standard InChI is InChI=1S/C21H23ClF3N5O2/c22-17-6-3-14(21(23,24)25)11-16(17)19(31)27-15-4-1-13(2-5-15)12-29-9-7-18(28-29)30-10-8-26-20(30)32/h3,6-7,9,11,13,15H,1-2,4-5,8,10,12H2,(H,26,32)(H,27,31). The quantitative estimate of drug-likeness (QED) is 0.692. The number of halogens is 4. The number of carbonyl (C=O) groups is 2. The Morgan fingerprint density at radius 1 is 1.22 bits per heavy atom. The smallest absolute Gasteiger partial charge is 0.349 e. The number of carbonyl (C=O) groups excluding carboxylic acids is 2. The predicted molar refractivity (Wildman–Crippen MR) is 113 cm³/mol. The number of urea groups is 1. The summed E-state index contributed by atoms with van der Waals surface area (Å²) in [4.78, 5) is 25.9. The molecule has 2 heterocycles. The Hall–Kier alpha value is -2.75. The van der Waals surface area contributed by atoms with Gasteiger partial charge in [0.1, 0.15) is 0 Å². The van der Waals surface area contributed by atoms with Crippen molar-refractivity contribution in [1.29, 1.82) is 0 Å². The van der Waals surface area contributed by atoms with Crippen LogP contribution in [0.5, 0.6) is 0 Å². The van der Waals surface area contributed by atoms with Crippen LogP contribution in [-0.4, -0.2) is 40.9 Å².